The summed E-state index contributed by atoms with van der Waals surface area (Å²) in [7, 11) is 1.75. The number of para-hydroxylation sites is 1. The minimum atomic E-state index is -0.686. The first-order valence-corrected chi connectivity index (χ1v) is 19.4. The van der Waals surface area contributed by atoms with E-state index in [1.165, 1.54) is 11.3 Å². The topological polar surface area (TPSA) is 146 Å². The number of benzene rings is 2. The highest BCUT2D eigenvalue weighted by Gasteiger charge is 2.32. The lowest BCUT2D eigenvalue weighted by molar-refractivity contribution is -0.135. The monoisotopic (exact) mass is 743 g/mol. The largest absolute Gasteiger partial charge is 0.381 e. The van der Waals surface area contributed by atoms with Crippen LogP contribution in [0.1, 0.15) is 47.5 Å². The molecule has 7 heterocycles. The molecule has 1 unspecified atom stereocenters. The highest BCUT2D eigenvalue weighted by molar-refractivity contribution is 7.21. The highest BCUT2D eigenvalue weighted by atomic mass is 32.1. The van der Waals surface area contributed by atoms with Gasteiger partial charge in [-0.2, -0.15) is 0 Å². The Balaban J connectivity index is 0.832. The van der Waals surface area contributed by atoms with E-state index in [2.05, 4.69) is 56.1 Å². The molecule has 2 atom stereocenters. The van der Waals surface area contributed by atoms with Gasteiger partial charge in [0.1, 0.15) is 16.7 Å². The number of imidazole rings is 1. The second-order valence-corrected chi connectivity index (χ2v) is 15.6. The van der Waals surface area contributed by atoms with Crippen molar-refractivity contribution in [3.8, 4) is 11.3 Å². The van der Waals surface area contributed by atoms with Gasteiger partial charge in [0, 0.05) is 79.5 Å². The van der Waals surface area contributed by atoms with Gasteiger partial charge in [-0.05, 0) is 80.8 Å². The van der Waals surface area contributed by atoms with Crippen molar-refractivity contribution >= 4 is 72.6 Å². The number of carbonyl (C=O) groups is 3. The average Bonchev–Trinajstić information content (AvgIpc) is 3.64. The highest BCUT2D eigenvalue weighted by Crippen LogP contribution is 2.41. The maximum absolute atomic E-state index is 13.3. The van der Waals surface area contributed by atoms with Crippen molar-refractivity contribution in [3.05, 3.63) is 81.7 Å². The molecule has 3 aliphatic rings. The zero-order chi connectivity index (χ0) is 37.1. The van der Waals surface area contributed by atoms with Crippen molar-refractivity contribution in [2.45, 2.75) is 44.7 Å². The van der Waals surface area contributed by atoms with Gasteiger partial charge < -0.3 is 15.5 Å². The number of thiophene rings is 1. The molecule has 2 aromatic carbocycles. The first kappa shape index (κ1) is 34.2. The van der Waals surface area contributed by atoms with E-state index >= 15 is 0 Å². The van der Waals surface area contributed by atoms with Crippen LogP contribution in [-0.2, 0) is 23.1 Å². The van der Waals surface area contributed by atoms with Gasteiger partial charge >= 0.3 is 5.69 Å². The number of rotatable bonds is 7. The van der Waals surface area contributed by atoms with Gasteiger partial charge in [-0.15, -0.1) is 11.3 Å². The van der Waals surface area contributed by atoms with Crippen molar-refractivity contribution in [2.24, 2.45) is 7.05 Å². The predicted octanol–water partition coefficient (Wildman–Crippen LogP) is 4.44. The molecule has 4 aromatic heterocycles. The number of hydrogen-bond acceptors (Lipinski definition) is 10. The van der Waals surface area contributed by atoms with Crippen LogP contribution in [0.3, 0.4) is 0 Å². The summed E-state index contributed by atoms with van der Waals surface area (Å²) in [6, 6.07) is 17.7. The summed E-state index contributed by atoms with van der Waals surface area (Å²) in [5, 5.41) is 11.0. The summed E-state index contributed by atoms with van der Waals surface area (Å²) in [5.74, 6) is 0.207. The minimum absolute atomic E-state index is 0.0319. The van der Waals surface area contributed by atoms with Crippen molar-refractivity contribution < 1.29 is 14.4 Å². The fraction of sp³-hybridized carbons (Fsp3) is 0.350. The molecule has 54 heavy (non-hydrogen) atoms. The fourth-order valence-electron chi connectivity index (χ4n) is 8.26. The van der Waals surface area contributed by atoms with Crippen molar-refractivity contribution in [1.82, 2.24) is 34.6 Å². The summed E-state index contributed by atoms with van der Waals surface area (Å²) in [4.78, 5) is 65.8. The molecule has 13 nitrogen and oxygen atoms in total. The number of pyridine rings is 2. The van der Waals surface area contributed by atoms with Crippen molar-refractivity contribution in [2.75, 3.05) is 49.5 Å². The fourth-order valence-corrected chi connectivity index (χ4v) is 9.35. The summed E-state index contributed by atoms with van der Waals surface area (Å²) in [6.07, 6.45) is 4.19. The van der Waals surface area contributed by atoms with Crippen LogP contribution in [0.15, 0.2) is 65.6 Å². The first-order valence-electron chi connectivity index (χ1n) is 18.6. The van der Waals surface area contributed by atoms with Gasteiger partial charge in [0.2, 0.25) is 11.8 Å². The first-order chi connectivity index (χ1) is 26.2. The Hall–Kier alpha value is -5.60. The number of nitrogens with zero attached hydrogens (tertiary/aromatic N) is 6. The number of aromatic nitrogens is 4. The third kappa shape index (κ3) is 5.99. The molecule has 2 saturated heterocycles. The molecule has 0 saturated carbocycles. The molecule has 0 radical (unpaired) electrons. The van der Waals surface area contributed by atoms with Crippen molar-refractivity contribution in [3.63, 3.8) is 0 Å². The van der Waals surface area contributed by atoms with E-state index < -0.39 is 11.9 Å². The van der Waals surface area contributed by atoms with Gasteiger partial charge in [0.25, 0.3) is 5.91 Å². The van der Waals surface area contributed by atoms with Crippen LogP contribution >= 0.6 is 11.3 Å². The Bertz CT molecular complexity index is 2530. The number of hydrogen-bond donors (Lipinski definition) is 3. The Kier molecular flexibility index (Phi) is 8.65. The molecule has 2 fully saturated rings. The number of piperidine rings is 1. The van der Waals surface area contributed by atoms with Crippen LogP contribution in [-0.4, -0.2) is 87.0 Å². The third-order valence-corrected chi connectivity index (χ3v) is 12.2. The van der Waals surface area contributed by atoms with E-state index in [9.17, 15) is 19.2 Å². The smallest absolute Gasteiger partial charge is 0.329 e. The number of piperazine rings is 1. The van der Waals surface area contributed by atoms with Crippen LogP contribution in [0.25, 0.3) is 43.3 Å². The van der Waals surface area contributed by atoms with Gasteiger partial charge in [-0.3, -0.25) is 33.7 Å². The predicted molar refractivity (Wildman–Crippen MR) is 211 cm³/mol. The number of carbonyl (C=O) groups excluding carboxylic acids is 3. The van der Waals surface area contributed by atoms with Crippen LogP contribution in [0.2, 0.25) is 0 Å². The van der Waals surface area contributed by atoms with Gasteiger partial charge in [0.05, 0.1) is 27.9 Å². The van der Waals surface area contributed by atoms with E-state index in [-0.39, 0.29) is 30.0 Å². The summed E-state index contributed by atoms with van der Waals surface area (Å²) in [6.45, 7) is 7.24. The van der Waals surface area contributed by atoms with Crippen LogP contribution < -0.4 is 26.5 Å². The molecule has 3 amide bonds. The molecule has 0 spiro atoms. The quantitative estimate of drug-likeness (QED) is 0.202. The van der Waals surface area contributed by atoms with Crippen molar-refractivity contribution in [1.29, 1.82) is 0 Å². The molecule has 6 aromatic rings. The van der Waals surface area contributed by atoms with Gasteiger partial charge in [0.15, 0.2) is 0 Å². The number of nitrogens with one attached hydrogen (secondary N) is 3. The van der Waals surface area contributed by atoms with Crippen LogP contribution in [0.5, 0.6) is 0 Å². The van der Waals surface area contributed by atoms with E-state index in [1.54, 1.807) is 16.2 Å². The Labute approximate surface area is 315 Å². The molecule has 3 aliphatic heterocycles. The third-order valence-electron chi connectivity index (χ3n) is 11.1. The molecule has 0 bridgehead atoms. The normalized spacial score (nSPS) is 19.5. The number of aryl methyl sites for hydroxylation is 2. The average molecular weight is 744 g/mol. The summed E-state index contributed by atoms with van der Waals surface area (Å²) < 4.78 is 4.25. The lowest BCUT2D eigenvalue weighted by Gasteiger charge is -2.35. The van der Waals surface area contributed by atoms with Gasteiger partial charge in [-0.1, -0.05) is 12.1 Å². The van der Waals surface area contributed by atoms with E-state index in [1.807, 2.05) is 37.4 Å². The van der Waals surface area contributed by atoms with E-state index in [0.29, 0.717) is 13.0 Å². The lowest BCUT2D eigenvalue weighted by atomic mass is 10.0. The molecule has 0 aliphatic carbocycles. The maximum atomic E-state index is 13.3. The molecule has 3 N–H and O–H groups in total. The standard InChI is InChI=1S/C40H41N9O4S/c1-23-21-42-35-34-26-9-10-27(44-28(26)11-13-31(34)54-37(35)39(52)43-23)25-8-14-32(41-22-25)48-19-17-47(18-20-48)16-4-6-24-5-3-7-29-36(24)46(2)40(53)49(29)30-12-15-33(50)45-38(30)51/h3,5,7-11,13-14,22-23,30,42H,4,6,12,15-21H2,1-2H3,(H,43,52)(H,45,50,51)/t23-,30?/m1/s1. The summed E-state index contributed by atoms with van der Waals surface area (Å²) in [5.41, 5.74) is 6.01. The Morgan fingerprint density at radius 1 is 0.963 bits per heavy atom. The van der Waals surface area contributed by atoms with E-state index in [4.69, 9.17) is 9.97 Å². The molecule has 276 valence electrons. The van der Waals surface area contributed by atoms with Crippen LogP contribution in [0.4, 0.5) is 11.5 Å². The minimum Gasteiger partial charge on any atom is -0.381 e. The number of anilines is 2. The second kappa shape index (κ2) is 13.7. The SMILES string of the molecule is C[C@@H]1CNc2c(sc3ccc4nc(-c5ccc(N6CCN(CCCc7cccc8c7n(C)c(=O)n8C7CCC(=O)NC7=O)CC6)nc5)ccc4c23)C(=O)N1. The zero-order valence-corrected chi connectivity index (χ0v) is 31.0. The number of fused-ring (bicyclic) bond motifs is 6. The molecular formula is C40H41N9O4S. The second-order valence-electron chi connectivity index (χ2n) is 14.6. The molecule has 9 rings (SSSR count). The van der Waals surface area contributed by atoms with Gasteiger partial charge in [-0.25, -0.2) is 14.8 Å². The van der Waals surface area contributed by atoms with E-state index in [0.717, 1.165) is 111 Å². The number of imide groups is 1. The zero-order valence-electron chi connectivity index (χ0n) is 30.2. The lowest BCUT2D eigenvalue weighted by Crippen LogP contribution is -2.47. The Morgan fingerprint density at radius 3 is 2.61 bits per heavy atom. The maximum Gasteiger partial charge on any atom is 0.329 e. The number of amides is 3. The molecule has 14 heteroatoms. The Morgan fingerprint density at radius 2 is 1.81 bits per heavy atom. The molecular weight excluding hydrogens is 703 g/mol. The summed E-state index contributed by atoms with van der Waals surface area (Å²) >= 11 is 1.51. The van der Waals surface area contributed by atoms with Crippen LogP contribution in [0, 0.1) is 0 Å².